The molecule has 20 heavy (non-hydrogen) atoms. The molecule has 0 aliphatic rings. The number of pyridine rings is 1. The maximum absolute atomic E-state index is 4.40. The van der Waals surface area contributed by atoms with E-state index >= 15 is 0 Å². The number of benzene rings is 1. The summed E-state index contributed by atoms with van der Waals surface area (Å²) in [6.07, 6.45) is 1.84. The molecule has 1 unspecified atom stereocenters. The molecule has 106 valence electrons. The Labute approximate surface area is 122 Å². The molecule has 0 aliphatic carbocycles. The lowest BCUT2D eigenvalue weighted by Gasteiger charge is -2.20. The Morgan fingerprint density at radius 3 is 2.00 bits per heavy atom. The maximum Gasteiger partial charge on any atom is 0.0570 e. The van der Waals surface area contributed by atoms with Gasteiger partial charge in [0.05, 0.1) is 5.69 Å². The van der Waals surface area contributed by atoms with E-state index in [0.717, 1.165) is 5.69 Å². The summed E-state index contributed by atoms with van der Waals surface area (Å²) < 4.78 is 0. The number of aromatic nitrogens is 1. The highest BCUT2D eigenvalue weighted by Gasteiger charge is 2.12. The minimum Gasteiger partial charge on any atom is -0.302 e. The van der Waals surface area contributed by atoms with Gasteiger partial charge in [0.2, 0.25) is 0 Å². The Balaban J connectivity index is 2.02. The highest BCUT2D eigenvalue weighted by molar-refractivity contribution is 5.26. The molecule has 0 aliphatic heterocycles. The normalized spacial score (nSPS) is 14.2. The Hall–Kier alpha value is -1.67. The number of nitrogens with zero attached hydrogens (tertiary/aromatic N) is 1. The van der Waals surface area contributed by atoms with Crippen molar-refractivity contribution in [3.8, 4) is 0 Å². The SMILES string of the molecule is CC(C)c1ccc(C(C)N[C@H](C)c2ccccn2)cc1. The first-order chi connectivity index (χ1) is 9.58. The molecule has 0 bridgehead atoms. The van der Waals surface area contributed by atoms with E-state index in [0.29, 0.717) is 12.0 Å². The third-order valence-electron chi connectivity index (χ3n) is 3.73. The molecule has 1 aromatic carbocycles. The summed E-state index contributed by atoms with van der Waals surface area (Å²) in [7, 11) is 0. The van der Waals surface area contributed by atoms with E-state index in [4.69, 9.17) is 0 Å². The van der Waals surface area contributed by atoms with Gasteiger partial charge in [-0.2, -0.15) is 0 Å². The van der Waals surface area contributed by atoms with Crippen LogP contribution in [0.4, 0.5) is 0 Å². The second-order valence-corrected chi connectivity index (χ2v) is 5.69. The van der Waals surface area contributed by atoms with Crippen LogP contribution in [0.3, 0.4) is 0 Å². The summed E-state index contributed by atoms with van der Waals surface area (Å²) in [5.74, 6) is 0.583. The third-order valence-corrected chi connectivity index (χ3v) is 3.73. The zero-order valence-electron chi connectivity index (χ0n) is 12.8. The minimum atomic E-state index is 0.246. The molecular weight excluding hydrogens is 244 g/mol. The maximum atomic E-state index is 4.40. The molecule has 1 N–H and O–H groups in total. The van der Waals surface area contributed by atoms with Gasteiger partial charge >= 0.3 is 0 Å². The van der Waals surface area contributed by atoms with Gasteiger partial charge in [0.15, 0.2) is 0 Å². The van der Waals surface area contributed by atoms with Crippen LogP contribution in [0.15, 0.2) is 48.7 Å². The predicted octanol–water partition coefficient (Wildman–Crippen LogP) is 4.62. The molecule has 2 nitrogen and oxygen atoms in total. The van der Waals surface area contributed by atoms with E-state index < -0.39 is 0 Å². The average Bonchev–Trinajstić information content (AvgIpc) is 2.48. The van der Waals surface area contributed by atoms with E-state index in [-0.39, 0.29) is 6.04 Å². The van der Waals surface area contributed by atoms with Gasteiger partial charge in [0.1, 0.15) is 0 Å². The van der Waals surface area contributed by atoms with Gasteiger partial charge in [0, 0.05) is 18.3 Å². The van der Waals surface area contributed by atoms with Crippen molar-refractivity contribution in [3.63, 3.8) is 0 Å². The van der Waals surface area contributed by atoms with Crippen molar-refractivity contribution in [1.29, 1.82) is 0 Å². The van der Waals surface area contributed by atoms with Crippen LogP contribution in [-0.2, 0) is 0 Å². The van der Waals surface area contributed by atoms with Gasteiger partial charge in [-0.3, -0.25) is 4.98 Å². The quantitative estimate of drug-likeness (QED) is 0.856. The van der Waals surface area contributed by atoms with E-state index in [1.807, 2.05) is 18.3 Å². The van der Waals surface area contributed by atoms with Gasteiger partial charge in [-0.1, -0.05) is 44.2 Å². The first-order valence-corrected chi connectivity index (χ1v) is 7.34. The summed E-state index contributed by atoms with van der Waals surface area (Å²) in [5, 5.41) is 3.60. The largest absolute Gasteiger partial charge is 0.302 e. The first kappa shape index (κ1) is 14.7. The predicted molar refractivity (Wildman–Crippen MR) is 84.7 cm³/mol. The molecule has 0 spiro atoms. The summed E-state index contributed by atoms with van der Waals surface area (Å²) in [6.45, 7) is 8.80. The lowest BCUT2D eigenvalue weighted by atomic mass is 9.99. The van der Waals surface area contributed by atoms with Crippen molar-refractivity contribution in [2.45, 2.75) is 45.7 Å². The summed E-state index contributed by atoms with van der Waals surface area (Å²) in [6, 6.07) is 15.5. The Bertz CT molecular complexity index is 517. The molecule has 0 radical (unpaired) electrons. The van der Waals surface area contributed by atoms with E-state index in [1.165, 1.54) is 11.1 Å². The van der Waals surface area contributed by atoms with Crippen molar-refractivity contribution in [2.75, 3.05) is 0 Å². The zero-order valence-corrected chi connectivity index (χ0v) is 12.8. The Kier molecular flexibility index (Phi) is 4.91. The summed E-state index contributed by atoms with van der Waals surface area (Å²) in [5.41, 5.74) is 3.79. The Morgan fingerprint density at radius 2 is 1.45 bits per heavy atom. The van der Waals surface area contributed by atoms with Crippen LogP contribution in [0, 0.1) is 0 Å². The standard InChI is InChI=1S/C18H24N2/c1-13(2)16-8-10-17(11-9-16)14(3)20-15(4)18-7-5-6-12-19-18/h5-15,20H,1-4H3/t14?,15-/m1/s1. The minimum absolute atomic E-state index is 0.246. The van der Waals surface area contributed by atoms with Gasteiger partial charge in [-0.15, -0.1) is 0 Å². The smallest absolute Gasteiger partial charge is 0.0570 e. The molecule has 0 amide bonds. The van der Waals surface area contributed by atoms with Crippen molar-refractivity contribution in [1.82, 2.24) is 10.3 Å². The van der Waals surface area contributed by atoms with Crippen molar-refractivity contribution >= 4 is 0 Å². The molecule has 1 aromatic heterocycles. The average molecular weight is 268 g/mol. The van der Waals surface area contributed by atoms with Crippen molar-refractivity contribution in [3.05, 3.63) is 65.5 Å². The molecule has 2 aromatic rings. The molecule has 0 saturated heterocycles. The van der Waals surface area contributed by atoms with Crippen LogP contribution in [0.5, 0.6) is 0 Å². The topological polar surface area (TPSA) is 24.9 Å². The lowest BCUT2D eigenvalue weighted by Crippen LogP contribution is -2.23. The zero-order chi connectivity index (χ0) is 14.5. The second-order valence-electron chi connectivity index (χ2n) is 5.69. The van der Waals surface area contributed by atoms with Gasteiger partial charge in [-0.05, 0) is 43.0 Å². The molecule has 0 fully saturated rings. The summed E-state index contributed by atoms with van der Waals surface area (Å²) in [4.78, 5) is 4.40. The van der Waals surface area contributed by atoms with Gasteiger partial charge in [0.25, 0.3) is 0 Å². The van der Waals surface area contributed by atoms with E-state index in [1.54, 1.807) is 0 Å². The molecule has 1 heterocycles. The van der Waals surface area contributed by atoms with Crippen LogP contribution in [0.2, 0.25) is 0 Å². The van der Waals surface area contributed by atoms with Crippen LogP contribution in [0.1, 0.15) is 62.5 Å². The number of nitrogens with one attached hydrogen (secondary N) is 1. The lowest BCUT2D eigenvalue weighted by molar-refractivity contribution is 0.486. The fraction of sp³-hybridized carbons (Fsp3) is 0.389. The number of hydrogen-bond acceptors (Lipinski definition) is 2. The van der Waals surface area contributed by atoms with Crippen molar-refractivity contribution < 1.29 is 0 Å². The van der Waals surface area contributed by atoms with Gasteiger partial charge < -0.3 is 5.32 Å². The monoisotopic (exact) mass is 268 g/mol. The van der Waals surface area contributed by atoms with Gasteiger partial charge in [-0.25, -0.2) is 0 Å². The van der Waals surface area contributed by atoms with Crippen LogP contribution < -0.4 is 5.32 Å². The summed E-state index contributed by atoms with van der Waals surface area (Å²) >= 11 is 0. The number of hydrogen-bond donors (Lipinski definition) is 1. The highest BCUT2D eigenvalue weighted by atomic mass is 15.0. The van der Waals surface area contributed by atoms with E-state index in [9.17, 15) is 0 Å². The first-order valence-electron chi connectivity index (χ1n) is 7.34. The highest BCUT2D eigenvalue weighted by Crippen LogP contribution is 2.21. The van der Waals surface area contributed by atoms with Crippen LogP contribution in [-0.4, -0.2) is 4.98 Å². The molecule has 2 atom stereocenters. The second kappa shape index (κ2) is 6.67. The Morgan fingerprint density at radius 1 is 0.800 bits per heavy atom. The van der Waals surface area contributed by atoms with E-state index in [2.05, 4.69) is 68.3 Å². The van der Waals surface area contributed by atoms with Crippen molar-refractivity contribution in [2.24, 2.45) is 0 Å². The molecule has 0 saturated carbocycles. The molecule has 2 rings (SSSR count). The fourth-order valence-electron chi connectivity index (χ4n) is 2.36. The number of rotatable bonds is 5. The molecule has 2 heteroatoms. The fourth-order valence-corrected chi connectivity index (χ4v) is 2.36. The molecular formula is C18H24N2. The third kappa shape index (κ3) is 3.67. The van der Waals surface area contributed by atoms with Crippen LogP contribution in [0.25, 0.3) is 0 Å². The van der Waals surface area contributed by atoms with Crippen LogP contribution >= 0.6 is 0 Å².